The molecule has 0 aromatic carbocycles. The third-order valence-electron chi connectivity index (χ3n) is 10.9. The van der Waals surface area contributed by atoms with Crippen LogP contribution in [0.25, 0.3) is 0 Å². The molecule has 3 N–H and O–H groups in total. The van der Waals surface area contributed by atoms with Gasteiger partial charge in [0.25, 0.3) is 0 Å². The minimum atomic E-state index is -0.670. The van der Waals surface area contributed by atoms with Crippen LogP contribution in [0.4, 0.5) is 0 Å². The number of hydrogen-bond acceptors (Lipinski definition) is 3. The highest BCUT2D eigenvalue weighted by Gasteiger charge is 2.65. The maximum absolute atomic E-state index is 11.4. The third kappa shape index (κ3) is 3.59. The number of hydrogen-bond donors (Lipinski definition) is 3. The smallest absolute Gasteiger partial charge is 0.0836 e. The van der Waals surface area contributed by atoms with Gasteiger partial charge in [-0.1, -0.05) is 53.9 Å². The summed E-state index contributed by atoms with van der Waals surface area (Å²) in [5.74, 6) is 3.65. The summed E-state index contributed by atoms with van der Waals surface area (Å²) in [6, 6.07) is 0. The fraction of sp³-hybridized carbons (Fsp3) is 1.00. The van der Waals surface area contributed by atoms with Gasteiger partial charge in [-0.05, 0) is 97.2 Å². The lowest BCUT2D eigenvalue weighted by Gasteiger charge is -2.63. The van der Waals surface area contributed by atoms with Crippen molar-refractivity contribution in [1.82, 2.24) is 0 Å². The average molecular weight is 421 g/mol. The maximum atomic E-state index is 11.4. The normalized spacial score (nSPS) is 51.9. The van der Waals surface area contributed by atoms with Crippen molar-refractivity contribution < 1.29 is 15.3 Å². The Balaban J connectivity index is 1.54. The summed E-state index contributed by atoms with van der Waals surface area (Å²) in [7, 11) is 0. The summed E-state index contributed by atoms with van der Waals surface area (Å²) in [6.07, 6.45) is 9.94. The number of fused-ring (bicyclic) bond motifs is 5. The zero-order valence-corrected chi connectivity index (χ0v) is 20.2. The second kappa shape index (κ2) is 8.34. The molecule has 30 heavy (non-hydrogen) atoms. The zero-order chi connectivity index (χ0) is 21.8. The van der Waals surface area contributed by atoms with Crippen LogP contribution < -0.4 is 0 Å². The summed E-state index contributed by atoms with van der Waals surface area (Å²) in [5, 5.41) is 32.8. The molecule has 4 saturated carbocycles. The number of rotatable bonds is 5. The molecular weight excluding hydrogens is 372 g/mol. The predicted octanol–water partition coefficient (Wildman–Crippen LogP) is 5.41. The van der Waals surface area contributed by atoms with Crippen LogP contribution in [0.2, 0.25) is 0 Å². The van der Waals surface area contributed by atoms with Gasteiger partial charge in [-0.15, -0.1) is 0 Å². The van der Waals surface area contributed by atoms with E-state index in [1.54, 1.807) is 0 Å². The van der Waals surface area contributed by atoms with Crippen molar-refractivity contribution in [3.63, 3.8) is 0 Å². The van der Waals surface area contributed by atoms with Gasteiger partial charge in [-0.25, -0.2) is 0 Å². The molecule has 0 saturated heterocycles. The van der Waals surface area contributed by atoms with E-state index in [1.165, 1.54) is 44.9 Å². The second-order valence-corrected chi connectivity index (χ2v) is 12.8. The van der Waals surface area contributed by atoms with Crippen molar-refractivity contribution in [2.75, 3.05) is 0 Å². The van der Waals surface area contributed by atoms with Crippen LogP contribution in [0.15, 0.2) is 0 Å². The second-order valence-electron chi connectivity index (χ2n) is 12.8. The highest BCUT2D eigenvalue weighted by molar-refractivity contribution is 5.14. The monoisotopic (exact) mass is 420 g/mol. The molecule has 0 heterocycles. The first-order valence-corrected chi connectivity index (χ1v) is 13.1. The zero-order valence-electron chi connectivity index (χ0n) is 20.2. The molecule has 0 aromatic rings. The molecule has 174 valence electrons. The lowest BCUT2D eigenvalue weighted by molar-refractivity contribution is -0.223. The van der Waals surface area contributed by atoms with Gasteiger partial charge in [-0.3, -0.25) is 0 Å². The highest BCUT2D eigenvalue weighted by atomic mass is 16.3. The fourth-order valence-corrected chi connectivity index (χ4v) is 9.26. The van der Waals surface area contributed by atoms with Crippen LogP contribution in [-0.2, 0) is 0 Å². The van der Waals surface area contributed by atoms with E-state index in [4.69, 9.17) is 0 Å². The van der Waals surface area contributed by atoms with Gasteiger partial charge in [0.15, 0.2) is 0 Å². The molecule has 6 unspecified atom stereocenters. The summed E-state index contributed by atoms with van der Waals surface area (Å²) in [5.41, 5.74) is 0.390. The number of aliphatic hydroxyl groups excluding tert-OH is 3. The molecule has 0 spiro atoms. The molecule has 4 fully saturated rings. The lowest BCUT2D eigenvalue weighted by atomic mass is 9.43. The van der Waals surface area contributed by atoms with Crippen molar-refractivity contribution in [2.45, 2.75) is 117 Å². The SMILES string of the molecule is CC(C)CCCC(C)C1CCC2C3C(CC[C@]12C)[C@@]1(C)CC[C@H](O)CC1[C@@H](O)[C@H]3O. The van der Waals surface area contributed by atoms with Crippen LogP contribution in [0, 0.1) is 52.3 Å². The van der Waals surface area contributed by atoms with Crippen LogP contribution in [0.3, 0.4) is 0 Å². The summed E-state index contributed by atoms with van der Waals surface area (Å²) < 4.78 is 0. The highest BCUT2D eigenvalue weighted by Crippen LogP contribution is 2.68. The molecule has 0 bridgehead atoms. The van der Waals surface area contributed by atoms with Crippen molar-refractivity contribution in [3.8, 4) is 0 Å². The van der Waals surface area contributed by atoms with Gasteiger partial charge < -0.3 is 15.3 Å². The summed E-state index contributed by atoms with van der Waals surface area (Å²) in [4.78, 5) is 0. The average Bonchev–Trinajstić information content (AvgIpc) is 3.04. The maximum Gasteiger partial charge on any atom is 0.0836 e. The van der Waals surface area contributed by atoms with Gasteiger partial charge >= 0.3 is 0 Å². The van der Waals surface area contributed by atoms with Crippen LogP contribution >= 0.6 is 0 Å². The van der Waals surface area contributed by atoms with Gasteiger partial charge in [0.2, 0.25) is 0 Å². The fourth-order valence-electron chi connectivity index (χ4n) is 9.26. The van der Waals surface area contributed by atoms with E-state index >= 15 is 0 Å². The largest absolute Gasteiger partial charge is 0.393 e. The molecule has 0 aromatic heterocycles. The predicted molar refractivity (Wildman–Crippen MR) is 122 cm³/mol. The van der Waals surface area contributed by atoms with E-state index in [1.807, 2.05) is 0 Å². The summed E-state index contributed by atoms with van der Waals surface area (Å²) in [6.45, 7) is 12.0. The molecule has 11 atom stereocenters. The minimum Gasteiger partial charge on any atom is -0.393 e. The van der Waals surface area contributed by atoms with Crippen molar-refractivity contribution in [3.05, 3.63) is 0 Å². The quantitative estimate of drug-likeness (QED) is 0.557. The molecule has 0 radical (unpaired) electrons. The van der Waals surface area contributed by atoms with Crippen molar-refractivity contribution >= 4 is 0 Å². The first-order valence-electron chi connectivity index (χ1n) is 13.1. The van der Waals surface area contributed by atoms with Gasteiger partial charge in [0.1, 0.15) is 0 Å². The first kappa shape index (κ1) is 23.1. The Morgan fingerprint density at radius 3 is 2.13 bits per heavy atom. The van der Waals surface area contributed by atoms with Gasteiger partial charge in [0.05, 0.1) is 18.3 Å². The number of aliphatic hydroxyl groups is 3. The molecule has 3 nitrogen and oxygen atoms in total. The van der Waals surface area contributed by atoms with Crippen LogP contribution in [0.1, 0.15) is 98.8 Å². The minimum absolute atomic E-state index is 0.0500. The molecule has 4 aliphatic rings. The van der Waals surface area contributed by atoms with E-state index in [0.29, 0.717) is 23.7 Å². The lowest BCUT2D eigenvalue weighted by Crippen LogP contribution is -2.64. The molecule has 3 heteroatoms. The Hall–Kier alpha value is -0.120. The first-order chi connectivity index (χ1) is 14.1. The summed E-state index contributed by atoms with van der Waals surface area (Å²) >= 11 is 0. The van der Waals surface area contributed by atoms with E-state index < -0.39 is 12.2 Å². The molecule has 4 rings (SSSR count). The van der Waals surface area contributed by atoms with Gasteiger partial charge in [0, 0.05) is 0 Å². The molecular formula is C27H48O3. The Labute approximate surface area is 185 Å². The Morgan fingerprint density at radius 1 is 0.767 bits per heavy atom. The van der Waals surface area contributed by atoms with Crippen molar-refractivity contribution in [2.24, 2.45) is 52.3 Å². The molecule has 0 amide bonds. The molecule has 0 aliphatic heterocycles. The molecule has 4 aliphatic carbocycles. The van der Waals surface area contributed by atoms with E-state index in [-0.39, 0.29) is 23.4 Å². The van der Waals surface area contributed by atoms with Crippen LogP contribution in [-0.4, -0.2) is 33.6 Å². The van der Waals surface area contributed by atoms with E-state index in [9.17, 15) is 15.3 Å². The topological polar surface area (TPSA) is 60.7 Å². The van der Waals surface area contributed by atoms with E-state index in [2.05, 4.69) is 34.6 Å². The third-order valence-corrected chi connectivity index (χ3v) is 10.9. The van der Waals surface area contributed by atoms with E-state index in [0.717, 1.165) is 30.6 Å². The Kier molecular flexibility index (Phi) is 6.41. The van der Waals surface area contributed by atoms with Crippen LogP contribution in [0.5, 0.6) is 0 Å². The van der Waals surface area contributed by atoms with Crippen molar-refractivity contribution in [1.29, 1.82) is 0 Å². The Morgan fingerprint density at radius 2 is 1.43 bits per heavy atom. The standard InChI is InChI=1S/C27H48O3/c1-16(2)7-6-8-17(3)19-9-10-20-23-21(12-14-26(19,20)4)27(5)13-11-18(28)15-22(27)24(29)25(23)30/h16-25,28-30H,6-15H2,1-5H3/t17?,18-,19?,20?,21?,22?,23?,24+,25-,26+,27+/m0/s1. The van der Waals surface area contributed by atoms with Gasteiger partial charge in [-0.2, -0.15) is 0 Å². The Bertz CT molecular complexity index is 605.